The molecule has 0 atom stereocenters. The van der Waals surface area contributed by atoms with Crippen LogP contribution in [0.3, 0.4) is 0 Å². The van der Waals surface area contributed by atoms with Crippen molar-refractivity contribution in [2.45, 2.75) is 33.1 Å². The van der Waals surface area contributed by atoms with Crippen LogP contribution in [-0.2, 0) is 6.42 Å². The number of aromatic nitrogens is 2. The molecule has 0 aliphatic rings. The van der Waals surface area contributed by atoms with E-state index in [0.717, 1.165) is 12.8 Å². The molecule has 0 radical (unpaired) electrons. The van der Waals surface area contributed by atoms with Crippen molar-refractivity contribution < 1.29 is 9.90 Å². The van der Waals surface area contributed by atoms with Crippen LogP contribution in [0.2, 0.25) is 0 Å². The van der Waals surface area contributed by atoms with Gasteiger partial charge in [-0.15, -0.1) is 0 Å². The Morgan fingerprint density at radius 2 is 2.29 bits per heavy atom. The molecule has 0 fully saturated rings. The van der Waals surface area contributed by atoms with Gasteiger partial charge in [0.1, 0.15) is 5.82 Å². The minimum absolute atomic E-state index is 0.226. The summed E-state index contributed by atoms with van der Waals surface area (Å²) in [5, 5.41) is 8.88. The first-order chi connectivity index (χ1) is 6.65. The van der Waals surface area contributed by atoms with Crippen molar-refractivity contribution in [1.82, 2.24) is 9.97 Å². The Hall–Kier alpha value is -1.45. The van der Waals surface area contributed by atoms with Crippen molar-refractivity contribution in [3.05, 3.63) is 23.3 Å². The number of unbranched alkanes of at least 4 members (excludes halogenated alkanes) is 1. The van der Waals surface area contributed by atoms with Gasteiger partial charge in [-0.05, 0) is 19.8 Å². The van der Waals surface area contributed by atoms with Gasteiger partial charge in [-0.3, -0.25) is 0 Å². The van der Waals surface area contributed by atoms with Crippen LogP contribution in [0.15, 0.2) is 6.20 Å². The minimum Gasteiger partial charge on any atom is -0.478 e. The molecule has 0 aromatic carbocycles. The standard InChI is InChI=1S/C10H14N2O2/c1-3-4-5-9-8(10(13)14)6-11-7(2)12-9/h6H,3-5H2,1-2H3,(H,13,14). The quantitative estimate of drug-likeness (QED) is 0.794. The average Bonchev–Trinajstić information content (AvgIpc) is 2.14. The number of hydrogen-bond donors (Lipinski definition) is 1. The van der Waals surface area contributed by atoms with E-state index < -0.39 is 5.97 Å². The van der Waals surface area contributed by atoms with Gasteiger partial charge >= 0.3 is 5.97 Å². The number of aryl methyl sites for hydroxylation is 2. The van der Waals surface area contributed by atoms with E-state index >= 15 is 0 Å². The maximum Gasteiger partial charge on any atom is 0.339 e. The van der Waals surface area contributed by atoms with Crippen LogP contribution in [0.5, 0.6) is 0 Å². The summed E-state index contributed by atoms with van der Waals surface area (Å²) in [7, 11) is 0. The summed E-state index contributed by atoms with van der Waals surface area (Å²) in [5.74, 6) is -0.322. The van der Waals surface area contributed by atoms with Gasteiger partial charge in [0.05, 0.1) is 11.3 Å². The Labute approximate surface area is 83.0 Å². The Balaban J connectivity index is 2.97. The number of carboxylic acid groups (broad SMARTS) is 1. The van der Waals surface area contributed by atoms with Crippen LogP contribution in [0.25, 0.3) is 0 Å². The van der Waals surface area contributed by atoms with E-state index in [1.807, 2.05) is 0 Å². The molecule has 4 nitrogen and oxygen atoms in total. The van der Waals surface area contributed by atoms with E-state index in [0.29, 0.717) is 17.9 Å². The van der Waals surface area contributed by atoms with E-state index in [1.54, 1.807) is 6.92 Å². The van der Waals surface area contributed by atoms with Gasteiger partial charge in [-0.1, -0.05) is 13.3 Å². The zero-order chi connectivity index (χ0) is 10.6. The predicted molar refractivity (Wildman–Crippen MR) is 52.3 cm³/mol. The third-order valence-corrected chi connectivity index (χ3v) is 1.99. The fraction of sp³-hybridized carbons (Fsp3) is 0.500. The van der Waals surface area contributed by atoms with Gasteiger partial charge in [0.15, 0.2) is 0 Å². The second-order valence-corrected chi connectivity index (χ2v) is 3.19. The number of carboxylic acids is 1. The molecule has 0 aliphatic carbocycles. The summed E-state index contributed by atoms with van der Waals surface area (Å²) in [6.07, 6.45) is 4.08. The van der Waals surface area contributed by atoms with Gasteiger partial charge in [0, 0.05) is 6.20 Å². The smallest absolute Gasteiger partial charge is 0.339 e. The first-order valence-corrected chi connectivity index (χ1v) is 4.71. The number of nitrogens with zero attached hydrogens (tertiary/aromatic N) is 2. The summed E-state index contributed by atoms with van der Waals surface area (Å²) in [4.78, 5) is 18.8. The molecule has 1 aromatic heterocycles. The van der Waals surface area contributed by atoms with Crippen LogP contribution in [0, 0.1) is 6.92 Å². The van der Waals surface area contributed by atoms with E-state index in [9.17, 15) is 4.79 Å². The lowest BCUT2D eigenvalue weighted by Crippen LogP contribution is -2.07. The zero-order valence-corrected chi connectivity index (χ0v) is 8.45. The highest BCUT2D eigenvalue weighted by atomic mass is 16.4. The molecule has 0 spiro atoms. The van der Waals surface area contributed by atoms with E-state index in [1.165, 1.54) is 6.20 Å². The number of rotatable bonds is 4. The number of aromatic carboxylic acids is 1. The molecule has 0 saturated carbocycles. The van der Waals surface area contributed by atoms with Crippen molar-refractivity contribution in [2.24, 2.45) is 0 Å². The SMILES string of the molecule is CCCCc1nc(C)ncc1C(=O)O. The Morgan fingerprint density at radius 1 is 1.57 bits per heavy atom. The molecule has 0 saturated heterocycles. The monoisotopic (exact) mass is 194 g/mol. The molecule has 0 amide bonds. The second-order valence-electron chi connectivity index (χ2n) is 3.19. The lowest BCUT2D eigenvalue weighted by atomic mass is 10.1. The van der Waals surface area contributed by atoms with E-state index in [-0.39, 0.29) is 5.56 Å². The first-order valence-electron chi connectivity index (χ1n) is 4.71. The average molecular weight is 194 g/mol. The third-order valence-electron chi connectivity index (χ3n) is 1.99. The molecule has 14 heavy (non-hydrogen) atoms. The zero-order valence-electron chi connectivity index (χ0n) is 8.45. The van der Waals surface area contributed by atoms with Crippen LogP contribution < -0.4 is 0 Å². The molecular weight excluding hydrogens is 180 g/mol. The number of carbonyl (C=O) groups is 1. The fourth-order valence-corrected chi connectivity index (χ4v) is 1.23. The molecule has 1 heterocycles. The van der Waals surface area contributed by atoms with Gasteiger partial charge in [0.25, 0.3) is 0 Å². The summed E-state index contributed by atoms with van der Waals surface area (Å²) < 4.78 is 0. The van der Waals surface area contributed by atoms with Crippen molar-refractivity contribution >= 4 is 5.97 Å². The molecule has 1 aromatic rings. The van der Waals surface area contributed by atoms with Crippen molar-refractivity contribution in [3.63, 3.8) is 0 Å². The highest BCUT2D eigenvalue weighted by Gasteiger charge is 2.11. The van der Waals surface area contributed by atoms with E-state index in [2.05, 4.69) is 16.9 Å². The molecule has 0 aliphatic heterocycles. The maximum absolute atomic E-state index is 10.8. The largest absolute Gasteiger partial charge is 0.478 e. The summed E-state index contributed by atoms with van der Waals surface area (Å²) in [6.45, 7) is 3.83. The molecule has 0 bridgehead atoms. The summed E-state index contributed by atoms with van der Waals surface area (Å²) >= 11 is 0. The van der Waals surface area contributed by atoms with Gasteiger partial charge in [-0.2, -0.15) is 0 Å². The van der Waals surface area contributed by atoms with Gasteiger partial charge < -0.3 is 5.11 Å². The molecule has 1 rings (SSSR count). The molecular formula is C10H14N2O2. The maximum atomic E-state index is 10.8. The lowest BCUT2D eigenvalue weighted by molar-refractivity contribution is 0.0694. The highest BCUT2D eigenvalue weighted by Crippen LogP contribution is 2.09. The summed E-state index contributed by atoms with van der Waals surface area (Å²) in [5.41, 5.74) is 0.871. The minimum atomic E-state index is -0.948. The van der Waals surface area contributed by atoms with E-state index in [4.69, 9.17) is 5.11 Å². The van der Waals surface area contributed by atoms with Crippen LogP contribution in [-0.4, -0.2) is 21.0 Å². The molecule has 4 heteroatoms. The first kappa shape index (κ1) is 10.6. The topological polar surface area (TPSA) is 63.1 Å². The Bertz CT molecular complexity index is 337. The third kappa shape index (κ3) is 2.52. The number of hydrogen-bond acceptors (Lipinski definition) is 3. The van der Waals surface area contributed by atoms with Gasteiger partial charge in [0.2, 0.25) is 0 Å². The van der Waals surface area contributed by atoms with Crippen molar-refractivity contribution in [3.8, 4) is 0 Å². The molecule has 76 valence electrons. The highest BCUT2D eigenvalue weighted by molar-refractivity contribution is 5.88. The Morgan fingerprint density at radius 3 is 2.86 bits per heavy atom. The van der Waals surface area contributed by atoms with Gasteiger partial charge in [-0.25, -0.2) is 14.8 Å². The van der Waals surface area contributed by atoms with Crippen LogP contribution in [0.1, 0.15) is 41.6 Å². The molecule has 1 N–H and O–H groups in total. The van der Waals surface area contributed by atoms with Crippen LogP contribution in [0.4, 0.5) is 0 Å². The second kappa shape index (κ2) is 4.69. The van der Waals surface area contributed by atoms with Crippen molar-refractivity contribution in [2.75, 3.05) is 0 Å². The Kier molecular flexibility index (Phi) is 3.56. The summed E-state index contributed by atoms with van der Waals surface area (Å²) in [6, 6.07) is 0. The van der Waals surface area contributed by atoms with Crippen molar-refractivity contribution in [1.29, 1.82) is 0 Å². The normalized spacial score (nSPS) is 10.1. The molecule has 0 unspecified atom stereocenters. The predicted octanol–water partition coefficient (Wildman–Crippen LogP) is 1.83. The fourth-order valence-electron chi connectivity index (χ4n) is 1.23. The van der Waals surface area contributed by atoms with Crippen LogP contribution >= 0.6 is 0 Å². The lowest BCUT2D eigenvalue weighted by Gasteiger charge is -2.04.